The summed E-state index contributed by atoms with van der Waals surface area (Å²) in [6.45, 7) is 11.7. The molecule has 2 nitrogen and oxygen atoms in total. The first kappa shape index (κ1) is 17.0. The first-order valence-corrected chi connectivity index (χ1v) is 7.07. The van der Waals surface area contributed by atoms with Gasteiger partial charge in [0.1, 0.15) is 5.82 Å². The summed E-state index contributed by atoms with van der Waals surface area (Å²) < 4.78 is 13.8. The van der Waals surface area contributed by atoms with Crippen molar-refractivity contribution in [3.8, 4) is 0 Å². The number of hydrogen-bond acceptors (Lipinski definition) is 2. The van der Waals surface area contributed by atoms with Crippen LogP contribution in [0.1, 0.15) is 38.3 Å². The molecule has 1 rings (SSSR count). The Labute approximate surface area is 126 Å². The van der Waals surface area contributed by atoms with E-state index in [1.165, 1.54) is 6.07 Å². The van der Waals surface area contributed by atoms with E-state index in [0.29, 0.717) is 5.56 Å². The van der Waals surface area contributed by atoms with Gasteiger partial charge in [0.2, 0.25) is 0 Å². The van der Waals surface area contributed by atoms with Crippen LogP contribution in [0.15, 0.2) is 51.6 Å². The molecule has 0 aliphatic carbocycles. The van der Waals surface area contributed by atoms with Gasteiger partial charge >= 0.3 is 0 Å². The third kappa shape index (κ3) is 3.97. The highest BCUT2D eigenvalue weighted by Crippen LogP contribution is 2.24. The fraction of sp³-hybridized carbons (Fsp3) is 0.333. The fourth-order valence-corrected chi connectivity index (χ4v) is 2.16. The van der Waals surface area contributed by atoms with E-state index in [2.05, 4.69) is 16.6 Å². The van der Waals surface area contributed by atoms with Crippen LogP contribution in [-0.4, -0.2) is 19.0 Å². The van der Waals surface area contributed by atoms with Crippen LogP contribution in [0.4, 0.5) is 4.39 Å². The quantitative estimate of drug-likeness (QED) is 0.544. The molecule has 1 aromatic rings. The van der Waals surface area contributed by atoms with Gasteiger partial charge in [-0.3, -0.25) is 9.98 Å². The molecule has 0 unspecified atom stereocenters. The lowest BCUT2D eigenvalue weighted by molar-refractivity contribution is 0.618. The Morgan fingerprint density at radius 3 is 2.52 bits per heavy atom. The highest BCUT2D eigenvalue weighted by Gasteiger charge is 2.16. The molecule has 0 saturated carbocycles. The molecule has 0 heterocycles. The summed E-state index contributed by atoms with van der Waals surface area (Å²) in [5.41, 5.74) is 4.77. The molecule has 0 fully saturated rings. The second-order valence-corrected chi connectivity index (χ2v) is 4.84. The lowest BCUT2D eigenvalue weighted by Gasteiger charge is -2.15. The average Bonchev–Trinajstić information content (AvgIpc) is 2.47. The van der Waals surface area contributed by atoms with Crippen molar-refractivity contribution in [3.63, 3.8) is 0 Å². The Hall–Kier alpha value is -2.03. The monoisotopic (exact) mass is 286 g/mol. The molecule has 0 aromatic heterocycles. The van der Waals surface area contributed by atoms with E-state index in [1.54, 1.807) is 26.3 Å². The van der Waals surface area contributed by atoms with Crippen LogP contribution in [0.5, 0.6) is 0 Å². The molecule has 0 N–H and O–H groups in total. The van der Waals surface area contributed by atoms with Crippen LogP contribution >= 0.6 is 0 Å². The van der Waals surface area contributed by atoms with Crippen molar-refractivity contribution in [3.05, 3.63) is 58.6 Å². The predicted octanol–water partition coefficient (Wildman–Crippen LogP) is 4.88. The molecular formula is C18H23FN2. The molecule has 0 aliphatic heterocycles. The normalized spacial score (nSPS) is 13.5. The summed E-state index contributed by atoms with van der Waals surface area (Å²) in [7, 11) is 1.71. The Balaban J connectivity index is 3.49. The molecular weight excluding hydrogens is 263 g/mol. The van der Waals surface area contributed by atoms with Gasteiger partial charge in [-0.15, -0.1) is 0 Å². The van der Waals surface area contributed by atoms with E-state index in [-0.39, 0.29) is 5.82 Å². The standard InChI is InChI=1S/C18H23FN2/c1-7-12(3)17(14(5)21-8-2)18(20-6)15-10-9-13(4)16(19)11-15/h8-11H,3,7H2,1-2,4-6H3/b17-14+,20-18-,21-8-. The summed E-state index contributed by atoms with van der Waals surface area (Å²) in [5, 5.41) is 0. The summed E-state index contributed by atoms with van der Waals surface area (Å²) in [4.78, 5) is 8.71. The Kier molecular flexibility index (Phi) is 6.22. The molecule has 0 atom stereocenters. The van der Waals surface area contributed by atoms with Gasteiger partial charge in [-0.05, 0) is 44.4 Å². The zero-order chi connectivity index (χ0) is 16.0. The van der Waals surface area contributed by atoms with Crippen molar-refractivity contribution in [2.75, 3.05) is 7.05 Å². The highest BCUT2D eigenvalue weighted by atomic mass is 19.1. The van der Waals surface area contributed by atoms with E-state index >= 15 is 0 Å². The third-order valence-corrected chi connectivity index (χ3v) is 3.37. The molecule has 0 bridgehead atoms. The van der Waals surface area contributed by atoms with Crippen LogP contribution in [0.25, 0.3) is 0 Å². The zero-order valence-corrected chi connectivity index (χ0v) is 13.5. The first-order valence-electron chi connectivity index (χ1n) is 7.07. The van der Waals surface area contributed by atoms with Gasteiger partial charge in [-0.25, -0.2) is 4.39 Å². The number of rotatable bonds is 5. The van der Waals surface area contributed by atoms with Crippen molar-refractivity contribution in [2.45, 2.75) is 34.1 Å². The van der Waals surface area contributed by atoms with E-state index in [9.17, 15) is 4.39 Å². The Bertz CT molecular complexity index is 622. The number of nitrogens with zero attached hydrogens (tertiary/aromatic N) is 2. The molecule has 112 valence electrons. The topological polar surface area (TPSA) is 24.7 Å². The molecule has 3 heteroatoms. The van der Waals surface area contributed by atoms with Gasteiger partial charge in [0, 0.05) is 30.1 Å². The Morgan fingerprint density at radius 1 is 1.38 bits per heavy atom. The van der Waals surface area contributed by atoms with E-state index in [0.717, 1.165) is 34.5 Å². The molecule has 0 radical (unpaired) electrons. The molecule has 0 spiro atoms. The average molecular weight is 286 g/mol. The van der Waals surface area contributed by atoms with Crippen molar-refractivity contribution >= 4 is 11.9 Å². The van der Waals surface area contributed by atoms with Gasteiger partial charge in [0.15, 0.2) is 0 Å². The van der Waals surface area contributed by atoms with Gasteiger partial charge in [-0.2, -0.15) is 0 Å². The number of halogens is 1. The summed E-state index contributed by atoms with van der Waals surface area (Å²) in [6.07, 6.45) is 2.53. The minimum Gasteiger partial charge on any atom is -0.287 e. The van der Waals surface area contributed by atoms with Crippen LogP contribution in [0.3, 0.4) is 0 Å². The fourth-order valence-electron chi connectivity index (χ4n) is 2.16. The maximum Gasteiger partial charge on any atom is 0.126 e. The second-order valence-electron chi connectivity index (χ2n) is 4.84. The molecule has 1 aromatic carbocycles. The zero-order valence-electron chi connectivity index (χ0n) is 13.5. The van der Waals surface area contributed by atoms with Crippen molar-refractivity contribution in [1.29, 1.82) is 0 Å². The number of hydrogen-bond donors (Lipinski definition) is 0. The van der Waals surface area contributed by atoms with Gasteiger partial charge in [-0.1, -0.05) is 25.6 Å². The predicted molar refractivity (Wildman–Crippen MR) is 89.9 cm³/mol. The van der Waals surface area contributed by atoms with E-state index in [1.807, 2.05) is 26.8 Å². The smallest absolute Gasteiger partial charge is 0.126 e. The maximum atomic E-state index is 13.8. The highest BCUT2D eigenvalue weighted by molar-refractivity contribution is 6.15. The summed E-state index contributed by atoms with van der Waals surface area (Å²) in [5.74, 6) is -0.230. The van der Waals surface area contributed by atoms with Crippen LogP contribution in [0, 0.1) is 12.7 Å². The Morgan fingerprint density at radius 2 is 2.05 bits per heavy atom. The number of aryl methyl sites for hydroxylation is 1. The van der Waals surface area contributed by atoms with Gasteiger partial charge < -0.3 is 0 Å². The maximum absolute atomic E-state index is 13.8. The van der Waals surface area contributed by atoms with Crippen molar-refractivity contribution in [1.82, 2.24) is 0 Å². The van der Waals surface area contributed by atoms with Crippen LogP contribution in [-0.2, 0) is 0 Å². The second kappa shape index (κ2) is 7.67. The minimum atomic E-state index is -0.230. The van der Waals surface area contributed by atoms with Crippen molar-refractivity contribution < 1.29 is 4.39 Å². The molecule has 0 amide bonds. The summed E-state index contributed by atoms with van der Waals surface area (Å²) in [6, 6.07) is 5.16. The lowest BCUT2D eigenvalue weighted by Crippen LogP contribution is -2.10. The lowest BCUT2D eigenvalue weighted by atomic mass is 9.93. The molecule has 0 saturated heterocycles. The number of benzene rings is 1. The van der Waals surface area contributed by atoms with Crippen LogP contribution < -0.4 is 0 Å². The third-order valence-electron chi connectivity index (χ3n) is 3.37. The summed E-state index contributed by atoms with van der Waals surface area (Å²) >= 11 is 0. The van der Waals surface area contributed by atoms with Gasteiger partial charge in [0.25, 0.3) is 0 Å². The minimum absolute atomic E-state index is 0.230. The first-order chi connectivity index (χ1) is 9.96. The van der Waals surface area contributed by atoms with Crippen molar-refractivity contribution in [2.24, 2.45) is 9.98 Å². The van der Waals surface area contributed by atoms with E-state index in [4.69, 9.17) is 0 Å². The largest absolute Gasteiger partial charge is 0.287 e. The molecule has 21 heavy (non-hydrogen) atoms. The number of aliphatic imine (C=N–C) groups is 2. The van der Waals surface area contributed by atoms with Gasteiger partial charge in [0.05, 0.1) is 5.71 Å². The SMILES string of the molecule is C=C(CC)C(/C(=N\C)c1ccc(C)c(F)c1)=C(C)\N=C/C. The molecule has 0 aliphatic rings. The van der Waals surface area contributed by atoms with E-state index < -0.39 is 0 Å². The number of allylic oxidation sites excluding steroid dienone is 3. The van der Waals surface area contributed by atoms with Crippen LogP contribution in [0.2, 0.25) is 0 Å².